The van der Waals surface area contributed by atoms with Crippen molar-refractivity contribution in [2.24, 2.45) is 5.92 Å². The number of hydrogen-bond donors (Lipinski definition) is 0. The topological polar surface area (TPSA) is 40.6 Å². The molecule has 4 nitrogen and oxygen atoms in total. The summed E-state index contributed by atoms with van der Waals surface area (Å²) in [6.07, 6.45) is 1.39. The summed E-state index contributed by atoms with van der Waals surface area (Å²) in [6.45, 7) is 2.02. The summed E-state index contributed by atoms with van der Waals surface area (Å²) in [7, 11) is 1.84. The van der Waals surface area contributed by atoms with Crippen molar-refractivity contribution in [2.45, 2.75) is 19.4 Å². The predicted octanol–water partition coefficient (Wildman–Crippen LogP) is 3.20. The molecule has 25 heavy (non-hydrogen) atoms. The van der Waals surface area contributed by atoms with Crippen molar-refractivity contribution < 1.29 is 9.59 Å². The predicted molar refractivity (Wildman–Crippen MR) is 98.0 cm³/mol. The number of likely N-dealkylation sites (tertiary alicyclic amines) is 1. The molecule has 0 saturated carbocycles. The molecule has 0 aliphatic carbocycles. The van der Waals surface area contributed by atoms with Gasteiger partial charge in [0, 0.05) is 38.7 Å². The van der Waals surface area contributed by atoms with E-state index in [9.17, 15) is 9.59 Å². The van der Waals surface area contributed by atoms with Gasteiger partial charge in [0.05, 0.1) is 0 Å². The summed E-state index contributed by atoms with van der Waals surface area (Å²) in [5.74, 6) is 0.453. The quantitative estimate of drug-likeness (QED) is 0.841. The summed E-state index contributed by atoms with van der Waals surface area (Å²) < 4.78 is 0. The molecule has 0 radical (unpaired) electrons. The molecular weight excluding hydrogens is 312 g/mol. The van der Waals surface area contributed by atoms with E-state index in [1.807, 2.05) is 72.6 Å². The van der Waals surface area contributed by atoms with Crippen LogP contribution in [0.3, 0.4) is 0 Å². The Hall–Kier alpha value is -2.62. The monoisotopic (exact) mass is 336 g/mol. The molecule has 1 unspecified atom stereocenters. The molecular formula is C21H24N2O2. The summed E-state index contributed by atoms with van der Waals surface area (Å²) in [5.41, 5.74) is 1.85. The van der Waals surface area contributed by atoms with Gasteiger partial charge in [0.2, 0.25) is 5.91 Å². The van der Waals surface area contributed by atoms with Crippen molar-refractivity contribution in [3.8, 4) is 0 Å². The van der Waals surface area contributed by atoms with Crippen LogP contribution >= 0.6 is 0 Å². The Balaban J connectivity index is 1.51. The largest absolute Gasteiger partial charge is 0.341 e. The van der Waals surface area contributed by atoms with E-state index in [0.29, 0.717) is 19.5 Å². The highest BCUT2D eigenvalue weighted by Crippen LogP contribution is 2.22. The average molecular weight is 336 g/mol. The van der Waals surface area contributed by atoms with Crippen molar-refractivity contribution in [3.05, 3.63) is 71.8 Å². The van der Waals surface area contributed by atoms with E-state index in [-0.39, 0.29) is 17.7 Å². The van der Waals surface area contributed by atoms with Crippen molar-refractivity contribution in [2.75, 3.05) is 20.1 Å². The average Bonchev–Trinajstić information content (AvgIpc) is 3.11. The van der Waals surface area contributed by atoms with Crippen LogP contribution in [0.2, 0.25) is 0 Å². The van der Waals surface area contributed by atoms with Gasteiger partial charge in [-0.3, -0.25) is 9.59 Å². The van der Waals surface area contributed by atoms with Gasteiger partial charge in [0.1, 0.15) is 0 Å². The normalized spacial score (nSPS) is 16.7. The zero-order valence-electron chi connectivity index (χ0n) is 14.6. The first-order valence-corrected chi connectivity index (χ1v) is 8.75. The number of carbonyl (C=O) groups excluding carboxylic acids is 2. The zero-order valence-corrected chi connectivity index (χ0v) is 14.6. The van der Waals surface area contributed by atoms with Crippen molar-refractivity contribution in [1.82, 2.24) is 9.80 Å². The molecule has 2 aromatic carbocycles. The third-order valence-corrected chi connectivity index (χ3v) is 4.75. The number of nitrogens with zero attached hydrogens (tertiary/aromatic N) is 2. The molecule has 0 bridgehead atoms. The van der Waals surface area contributed by atoms with Gasteiger partial charge in [-0.2, -0.15) is 0 Å². The van der Waals surface area contributed by atoms with Crippen molar-refractivity contribution >= 4 is 11.8 Å². The molecule has 1 aliphatic heterocycles. The Labute approximate surface area is 149 Å². The Bertz CT molecular complexity index is 715. The first-order chi connectivity index (χ1) is 12.1. The second kappa shape index (κ2) is 7.97. The number of benzene rings is 2. The van der Waals surface area contributed by atoms with Crippen molar-refractivity contribution in [3.63, 3.8) is 0 Å². The van der Waals surface area contributed by atoms with Gasteiger partial charge in [-0.05, 0) is 30.0 Å². The highest BCUT2D eigenvalue weighted by Gasteiger charge is 2.29. The van der Waals surface area contributed by atoms with E-state index in [2.05, 4.69) is 0 Å². The zero-order chi connectivity index (χ0) is 17.6. The number of hydrogen-bond acceptors (Lipinski definition) is 2. The minimum absolute atomic E-state index is 0.0631. The maximum atomic E-state index is 12.5. The molecule has 4 heteroatoms. The first kappa shape index (κ1) is 17.2. The van der Waals surface area contributed by atoms with E-state index in [1.165, 1.54) is 0 Å². The lowest BCUT2D eigenvalue weighted by molar-refractivity contribution is -0.131. The van der Waals surface area contributed by atoms with Crippen LogP contribution in [0.5, 0.6) is 0 Å². The summed E-state index contributed by atoms with van der Waals surface area (Å²) >= 11 is 0. The summed E-state index contributed by atoms with van der Waals surface area (Å²) in [4.78, 5) is 28.6. The van der Waals surface area contributed by atoms with Gasteiger partial charge in [-0.25, -0.2) is 0 Å². The van der Waals surface area contributed by atoms with Crippen LogP contribution in [0.4, 0.5) is 0 Å². The molecule has 1 fully saturated rings. The molecule has 3 rings (SSSR count). The summed E-state index contributed by atoms with van der Waals surface area (Å²) in [5, 5.41) is 0. The van der Waals surface area contributed by atoms with E-state index in [4.69, 9.17) is 0 Å². The molecule has 1 heterocycles. The Morgan fingerprint density at radius 3 is 2.36 bits per heavy atom. The molecule has 0 N–H and O–H groups in total. The minimum Gasteiger partial charge on any atom is -0.341 e. The molecule has 0 aromatic heterocycles. The fraction of sp³-hybridized carbons (Fsp3) is 0.333. The van der Waals surface area contributed by atoms with Crippen LogP contribution < -0.4 is 0 Å². The maximum absolute atomic E-state index is 12.5. The van der Waals surface area contributed by atoms with Crippen LogP contribution in [0.25, 0.3) is 0 Å². The van der Waals surface area contributed by atoms with Gasteiger partial charge in [0.25, 0.3) is 5.91 Å². The lowest BCUT2D eigenvalue weighted by Gasteiger charge is -2.20. The van der Waals surface area contributed by atoms with Crippen LogP contribution in [0.15, 0.2) is 60.7 Å². The maximum Gasteiger partial charge on any atom is 0.253 e. The second-order valence-corrected chi connectivity index (χ2v) is 6.71. The molecule has 1 aliphatic rings. The van der Waals surface area contributed by atoms with Crippen LogP contribution in [-0.4, -0.2) is 41.8 Å². The molecule has 2 amide bonds. The number of amides is 2. The fourth-order valence-electron chi connectivity index (χ4n) is 3.30. The van der Waals surface area contributed by atoms with Gasteiger partial charge in [-0.15, -0.1) is 0 Å². The SMILES string of the molecule is CN(Cc1ccccc1)C(=O)CC1CCN(C(=O)c2ccccc2)C1. The highest BCUT2D eigenvalue weighted by atomic mass is 16.2. The van der Waals surface area contributed by atoms with E-state index in [0.717, 1.165) is 24.1 Å². The Morgan fingerprint density at radius 2 is 1.68 bits per heavy atom. The Kier molecular flexibility index (Phi) is 5.49. The molecule has 0 spiro atoms. The standard InChI is InChI=1S/C21H24N2O2/c1-22(15-17-8-4-2-5-9-17)20(24)14-18-12-13-23(16-18)21(25)19-10-6-3-7-11-19/h2-11,18H,12-16H2,1H3. The molecule has 1 saturated heterocycles. The van der Waals surface area contributed by atoms with E-state index in [1.54, 1.807) is 4.90 Å². The fourth-order valence-corrected chi connectivity index (χ4v) is 3.30. The van der Waals surface area contributed by atoms with E-state index >= 15 is 0 Å². The molecule has 2 aromatic rings. The first-order valence-electron chi connectivity index (χ1n) is 8.75. The van der Waals surface area contributed by atoms with Gasteiger partial charge in [-0.1, -0.05) is 48.5 Å². The third kappa shape index (κ3) is 4.47. The lowest BCUT2D eigenvalue weighted by atomic mass is 10.0. The lowest BCUT2D eigenvalue weighted by Crippen LogP contribution is -2.31. The smallest absolute Gasteiger partial charge is 0.253 e. The van der Waals surface area contributed by atoms with E-state index < -0.39 is 0 Å². The Morgan fingerprint density at radius 1 is 1.04 bits per heavy atom. The van der Waals surface area contributed by atoms with Gasteiger partial charge >= 0.3 is 0 Å². The molecule has 130 valence electrons. The number of rotatable bonds is 5. The van der Waals surface area contributed by atoms with Gasteiger partial charge < -0.3 is 9.80 Å². The van der Waals surface area contributed by atoms with Gasteiger partial charge in [0.15, 0.2) is 0 Å². The summed E-state index contributed by atoms with van der Waals surface area (Å²) in [6, 6.07) is 19.3. The van der Waals surface area contributed by atoms with Crippen LogP contribution in [0.1, 0.15) is 28.8 Å². The highest BCUT2D eigenvalue weighted by molar-refractivity contribution is 5.94. The second-order valence-electron chi connectivity index (χ2n) is 6.71. The third-order valence-electron chi connectivity index (χ3n) is 4.75. The molecule has 1 atom stereocenters. The number of carbonyl (C=O) groups is 2. The van der Waals surface area contributed by atoms with Crippen LogP contribution in [-0.2, 0) is 11.3 Å². The van der Waals surface area contributed by atoms with Crippen LogP contribution in [0, 0.1) is 5.92 Å². The minimum atomic E-state index is 0.0631. The van der Waals surface area contributed by atoms with Crippen molar-refractivity contribution in [1.29, 1.82) is 0 Å².